The molecule has 0 aliphatic heterocycles. The molecule has 1 aliphatic carbocycles. The van der Waals surface area contributed by atoms with Crippen molar-refractivity contribution in [2.45, 2.75) is 18.9 Å². The molecule has 1 atom stereocenters. The van der Waals surface area contributed by atoms with E-state index in [-0.39, 0.29) is 23.8 Å². The van der Waals surface area contributed by atoms with Crippen molar-refractivity contribution in [3.63, 3.8) is 0 Å². The van der Waals surface area contributed by atoms with Crippen molar-refractivity contribution < 1.29 is 24.2 Å². The van der Waals surface area contributed by atoms with Gasteiger partial charge in [-0.1, -0.05) is 48.5 Å². The first kappa shape index (κ1) is 21.0. The zero-order valence-corrected chi connectivity index (χ0v) is 17.2. The van der Waals surface area contributed by atoms with Gasteiger partial charge in [0.25, 0.3) is 0 Å². The standard InChI is InChI=1S/C24H21N3O5/c1-14(22(28)27-16-10-15(23(29)30)11-25-12-16)26-24(31)32-13-21-19-8-4-2-6-17(19)18-7-3-5-9-20(18)21/h2-12,14,21H,13H2,1H3,(H,26,31)(H,27,28)(H,29,30)/t14-/m1/s1. The van der Waals surface area contributed by atoms with E-state index in [1.165, 1.54) is 25.4 Å². The number of hydrogen-bond acceptors (Lipinski definition) is 5. The highest BCUT2D eigenvalue weighted by molar-refractivity contribution is 5.97. The molecule has 1 heterocycles. The summed E-state index contributed by atoms with van der Waals surface area (Å²) in [6.45, 7) is 1.64. The largest absolute Gasteiger partial charge is 0.478 e. The van der Waals surface area contributed by atoms with Crippen LogP contribution in [-0.2, 0) is 9.53 Å². The van der Waals surface area contributed by atoms with Crippen LogP contribution in [0.3, 0.4) is 0 Å². The van der Waals surface area contributed by atoms with Gasteiger partial charge in [-0.2, -0.15) is 0 Å². The van der Waals surface area contributed by atoms with Crippen molar-refractivity contribution in [1.29, 1.82) is 0 Å². The molecule has 32 heavy (non-hydrogen) atoms. The number of carboxylic acids is 1. The lowest BCUT2D eigenvalue weighted by Gasteiger charge is -2.17. The number of hydrogen-bond donors (Lipinski definition) is 3. The molecule has 2 amide bonds. The summed E-state index contributed by atoms with van der Waals surface area (Å²) in [7, 11) is 0. The molecule has 3 aromatic rings. The number of ether oxygens (including phenoxy) is 1. The van der Waals surface area contributed by atoms with Crippen molar-refractivity contribution in [1.82, 2.24) is 10.3 Å². The summed E-state index contributed by atoms with van der Waals surface area (Å²) in [6, 6.07) is 16.4. The molecular formula is C24H21N3O5. The van der Waals surface area contributed by atoms with E-state index in [1.54, 1.807) is 0 Å². The number of alkyl carbamates (subject to hydrolysis) is 1. The van der Waals surface area contributed by atoms with Crippen LogP contribution in [0, 0.1) is 0 Å². The number of aromatic carboxylic acids is 1. The molecule has 0 fully saturated rings. The van der Waals surface area contributed by atoms with Crippen molar-refractivity contribution in [2.75, 3.05) is 11.9 Å². The summed E-state index contributed by atoms with van der Waals surface area (Å²) in [5.74, 6) is -1.76. The molecule has 0 saturated carbocycles. The summed E-state index contributed by atoms with van der Waals surface area (Å²) >= 11 is 0. The third kappa shape index (κ3) is 4.29. The molecule has 4 rings (SSSR count). The Morgan fingerprint density at radius 2 is 1.66 bits per heavy atom. The van der Waals surface area contributed by atoms with Crippen LogP contribution in [0.4, 0.5) is 10.5 Å². The number of anilines is 1. The number of nitrogens with one attached hydrogen (secondary N) is 2. The number of amides is 2. The topological polar surface area (TPSA) is 118 Å². The maximum absolute atomic E-state index is 12.4. The average molecular weight is 431 g/mol. The van der Waals surface area contributed by atoms with Crippen molar-refractivity contribution in [2.24, 2.45) is 0 Å². The van der Waals surface area contributed by atoms with Crippen molar-refractivity contribution in [3.8, 4) is 11.1 Å². The Bertz CT molecular complexity index is 1150. The Morgan fingerprint density at radius 1 is 1.03 bits per heavy atom. The number of benzene rings is 2. The Morgan fingerprint density at radius 3 is 2.28 bits per heavy atom. The first-order chi connectivity index (χ1) is 15.4. The summed E-state index contributed by atoms with van der Waals surface area (Å²) < 4.78 is 5.44. The Kier molecular flexibility index (Phi) is 5.85. The Balaban J connectivity index is 1.36. The van der Waals surface area contributed by atoms with Gasteiger partial charge in [0.2, 0.25) is 5.91 Å². The predicted octanol–water partition coefficient (Wildman–Crippen LogP) is 3.65. The van der Waals surface area contributed by atoms with E-state index in [9.17, 15) is 14.4 Å². The van der Waals surface area contributed by atoms with Crippen LogP contribution >= 0.6 is 0 Å². The lowest BCUT2D eigenvalue weighted by molar-refractivity contribution is -0.117. The highest BCUT2D eigenvalue weighted by atomic mass is 16.5. The Hall–Kier alpha value is -4.20. The van der Waals surface area contributed by atoms with Crippen molar-refractivity contribution >= 4 is 23.7 Å². The minimum absolute atomic E-state index is 0.0556. The number of carbonyl (C=O) groups excluding carboxylic acids is 2. The van der Waals surface area contributed by atoms with E-state index in [1.807, 2.05) is 36.4 Å². The molecule has 3 N–H and O–H groups in total. The van der Waals surface area contributed by atoms with E-state index in [2.05, 4.69) is 27.8 Å². The lowest BCUT2D eigenvalue weighted by atomic mass is 9.98. The maximum atomic E-state index is 12.4. The van der Waals surface area contributed by atoms with Gasteiger partial charge >= 0.3 is 12.1 Å². The molecule has 8 nitrogen and oxygen atoms in total. The quantitative estimate of drug-likeness (QED) is 0.548. The van der Waals surface area contributed by atoms with Crippen molar-refractivity contribution in [3.05, 3.63) is 83.7 Å². The summed E-state index contributed by atoms with van der Waals surface area (Å²) in [5, 5.41) is 14.0. The second kappa shape index (κ2) is 8.89. The first-order valence-corrected chi connectivity index (χ1v) is 10.0. The SMILES string of the molecule is C[C@@H](NC(=O)OCC1c2ccccc2-c2ccccc21)C(=O)Nc1cncc(C(=O)O)c1. The second-order valence-electron chi connectivity index (χ2n) is 7.45. The molecular weight excluding hydrogens is 410 g/mol. The predicted molar refractivity (Wildman–Crippen MR) is 117 cm³/mol. The van der Waals surface area contributed by atoms with Crippen LogP contribution in [0.15, 0.2) is 67.0 Å². The highest BCUT2D eigenvalue weighted by Gasteiger charge is 2.29. The fraction of sp³-hybridized carbons (Fsp3) is 0.167. The van der Waals surface area contributed by atoms with E-state index < -0.39 is 24.0 Å². The highest BCUT2D eigenvalue weighted by Crippen LogP contribution is 2.44. The van der Waals surface area contributed by atoms with Gasteiger partial charge in [-0.25, -0.2) is 9.59 Å². The van der Waals surface area contributed by atoms with Crippen LogP contribution < -0.4 is 10.6 Å². The number of rotatable bonds is 6. The fourth-order valence-corrected chi connectivity index (χ4v) is 3.76. The van der Waals surface area contributed by atoms with Crippen LogP contribution in [0.1, 0.15) is 34.3 Å². The zero-order valence-electron chi connectivity index (χ0n) is 17.2. The van der Waals surface area contributed by atoms with Crippen LogP contribution in [0.25, 0.3) is 11.1 Å². The maximum Gasteiger partial charge on any atom is 0.407 e. The molecule has 1 aromatic heterocycles. The molecule has 0 unspecified atom stereocenters. The van der Waals surface area contributed by atoms with Gasteiger partial charge in [0.05, 0.1) is 17.4 Å². The fourth-order valence-electron chi connectivity index (χ4n) is 3.76. The van der Waals surface area contributed by atoms with E-state index in [0.29, 0.717) is 0 Å². The van der Waals surface area contributed by atoms with Crippen LogP contribution in [-0.4, -0.2) is 40.7 Å². The van der Waals surface area contributed by atoms with E-state index >= 15 is 0 Å². The average Bonchev–Trinajstić information content (AvgIpc) is 3.11. The summed E-state index contributed by atoms with van der Waals surface area (Å²) in [4.78, 5) is 39.5. The number of aromatic nitrogens is 1. The minimum Gasteiger partial charge on any atom is -0.478 e. The molecule has 0 bridgehead atoms. The second-order valence-corrected chi connectivity index (χ2v) is 7.45. The van der Waals surface area contributed by atoms with Gasteiger partial charge < -0.3 is 20.5 Å². The third-order valence-electron chi connectivity index (χ3n) is 5.32. The number of carbonyl (C=O) groups is 3. The number of pyridine rings is 1. The molecule has 162 valence electrons. The van der Waals surface area contributed by atoms with Gasteiger partial charge in [0.15, 0.2) is 0 Å². The van der Waals surface area contributed by atoms with Crippen LogP contribution in [0.2, 0.25) is 0 Å². The Labute approximate surface area is 184 Å². The first-order valence-electron chi connectivity index (χ1n) is 10.0. The van der Waals surface area contributed by atoms with Crippen LogP contribution in [0.5, 0.6) is 0 Å². The number of carboxylic acid groups (broad SMARTS) is 1. The van der Waals surface area contributed by atoms with Gasteiger partial charge in [-0.15, -0.1) is 0 Å². The zero-order chi connectivity index (χ0) is 22.7. The normalized spacial score (nSPS) is 12.9. The third-order valence-corrected chi connectivity index (χ3v) is 5.32. The molecule has 0 radical (unpaired) electrons. The van der Waals surface area contributed by atoms with Gasteiger partial charge in [-0.3, -0.25) is 9.78 Å². The number of nitrogens with zero attached hydrogens (tertiary/aromatic N) is 1. The smallest absolute Gasteiger partial charge is 0.407 e. The summed E-state index contributed by atoms with van der Waals surface area (Å²) in [6.07, 6.45) is 1.78. The lowest BCUT2D eigenvalue weighted by Crippen LogP contribution is -2.42. The minimum atomic E-state index is -1.15. The molecule has 0 saturated heterocycles. The molecule has 0 spiro atoms. The number of fused-ring (bicyclic) bond motifs is 3. The monoisotopic (exact) mass is 431 g/mol. The van der Waals surface area contributed by atoms with E-state index in [0.717, 1.165) is 22.3 Å². The van der Waals surface area contributed by atoms with E-state index in [4.69, 9.17) is 9.84 Å². The van der Waals surface area contributed by atoms with Gasteiger partial charge in [0.1, 0.15) is 12.6 Å². The summed E-state index contributed by atoms with van der Waals surface area (Å²) in [5.41, 5.74) is 4.61. The molecule has 1 aliphatic rings. The molecule has 2 aromatic carbocycles. The van der Waals surface area contributed by atoms with Gasteiger partial charge in [0, 0.05) is 12.1 Å². The molecule has 8 heteroatoms. The van der Waals surface area contributed by atoms with Gasteiger partial charge in [-0.05, 0) is 35.2 Å².